The molecule has 1 aliphatic heterocycles. The molecule has 1 aromatic heterocycles. The van der Waals surface area contributed by atoms with Gasteiger partial charge in [0.2, 0.25) is 6.79 Å². The molecule has 3 rings (SSSR count). The molecule has 0 atom stereocenters. The molecule has 18 heavy (non-hydrogen) atoms. The van der Waals surface area contributed by atoms with Gasteiger partial charge in [-0.15, -0.1) is 0 Å². The SMILES string of the molecule is O=C(Cc1ccsc1)Oc1ccc2c(c1)OCO2. The third-order valence-electron chi connectivity index (χ3n) is 2.50. The number of thiophene rings is 1. The molecule has 0 spiro atoms. The molecule has 1 aliphatic rings. The molecule has 0 aliphatic carbocycles. The van der Waals surface area contributed by atoms with E-state index in [-0.39, 0.29) is 19.2 Å². The number of hydrogen-bond acceptors (Lipinski definition) is 5. The first kappa shape index (κ1) is 11.1. The lowest BCUT2D eigenvalue weighted by Crippen LogP contribution is -2.10. The van der Waals surface area contributed by atoms with Gasteiger partial charge in [0, 0.05) is 6.07 Å². The normalized spacial score (nSPS) is 12.4. The molecule has 0 fully saturated rings. The zero-order valence-corrected chi connectivity index (χ0v) is 10.2. The number of hydrogen-bond donors (Lipinski definition) is 0. The van der Waals surface area contributed by atoms with Crippen LogP contribution in [0.15, 0.2) is 35.0 Å². The maximum atomic E-state index is 11.7. The highest BCUT2D eigenvalue weighted by molar-refractivity contribution is 7.07. The van der Waals surface area contributed by atoms with Crippen LogP contribution in [0.5, 0.6) is 17.2 Å². The summed E-state index contributed by atoms with van der Waals surface area (Å²) in [7, 11) is 0. The number of benzene rings is 1. The van der Waals surface area contributed by atoms with Crippen molar-refractivity contribution in [3.63, 3.8) is 0 Å². The molecule has 5 heteroatoms. The summed E-state index contributed by atoms with van der Waals surface area (Å²) in [6.45, 7) is 0.210. The quantitative estimate of drug-likeness (QED) is 0.630. The Hall–Kier alpha value is -2.01. The minimum atomic E-state index is -0.285. The van der Waals surface area contributed by atoms with E-state index in [1.807, 2.05) is 16.8 Å². The molecule has 1 aromatic carbocycles. The van der Waals surface area contributed by atoms with E-state index < -0.39 is 0 Å². The summed E-state index contributed by atoms with van der Waals surface area (Å²) in [5.41, 5.74) is 0.964. The van der Waals surface area contributed by atoms with Gasteiger partial charge >= 0.3 is 5.97 Å². The van der Waals surface area contributed by atoms with Crippen LogP contribution in [-0.4, -0.2) is 12.8 Å². The maximum Gasteiger partial charge on any atom is 0.315 e. The first-order chi connectivity index (χ1) is 8.81. The number of carbonyl (C=O) groups is 1. The van der Waals surface area contributed by atoms with Crippen molar-refractivity contribution in [3.8, 4) is 17.2 Å². The highest BCUT2D eigenvalue weighted by atomic mass is 32.1. The average molecular weight is 262 g/mol. The zero-order valence-electron chi connectivity index (χ0n) is 9.42. The Labute approximate surface area is 108 Å². The minimum absolute atomic E-state index is 0.210. The number of esters is 1. The predicted octanol–water partition coefficient (Wildman–Crippen LogP) is 2.62. The lowest BCUT2D eigenvalue weighted by atomic mass is 10.2. The maximum absolute atomic E-state index is 11.7. The van der Waals surface area contributed by atoms with Gasteiger partial charge in [-0.1, -0.05) is 0 Å². The average Bonchev–Trinajstić information content (AvgIpc) is 2.98. The van der Waals surface area contributed by atoms with Crippen molar-refractivity contribution in [2.75, 3.05) is 6.79 Å². The van der Waals surface area contributed by atoms with E-state index in [0.717, 1.165) is 5.56 Å². The van der Waals surface area contributed by atoms with E-state index in [1.165, 1.54) is 0 Å². The molecule has 0 saturated heterocycles. The minimum Gasteiger partial charge on any atom is -0.454 e. The second kappa shape index (κ2) is 4.70. The van der Waals surface area contributed by atoms with Crippen molar-refractivity contribution < 1.29 is 19.0 Å². The molecule has 0 saturated carbocycles. The molecule has 0 bridgehead atoms. The third kappa shape index (κ3) is 2.31. The number of carbonyl (C=O) groups excluding carboxylic acids is 1. The smallest absolute Gasteiger partial charge is 0.315 e. The van der Waals surface area contributed by atoms with Crippen LogP contribution in [0.4, 0.5) is 0 Å². The Morgan fingerprint density at radius 3 is 3.00 bits per heavy atom. The van der Waals surface area contributed by atoms with Crippen LogP contribution in [0, 0.1) is 0 Å². The van der Waals surface area contributed by atoms with Gasteiger partial charge in [0.15, 0.2) is 11.5 Å². The fourth-order valence-electron chi connectivity index (χ4n) is 1.67. The fourth-order valence-corrected chi connectivity index (χ4v) is 2.34. The molecule has 0 radical (unpaired) electrons. The fraction of sp³-hybridized carbons (Fsp3) is 0.154. The van der Waals surface area contributed by atoms with Crippen molar-refractivity contribution in [1.29, 1.82) is 0 Å². The topological polar surface area (TPSA) is 44.8 Å². The highest BCUT2D eigenvalue weighted by Crippen LogP contribution is 2.35. The third-order valence-corrected chi connectivity index (χ3v) is 3.24. The lowest BCUT2D eigenvalue weighted by Gasteiger charge is -2.04. The van der Waals surface area contributed by atoms with E-state index in [4.69, 9.17) is 14.2 Å². The standard InChI is InChI=1S/C13H10O4S/c14-13(5-9-3-4-18-7-9)17-10-1-2-11-12(6-10)16-8-15-11/h1-4,6-7H,5,8H2. The van der Waals surface area contributed by atoms with Gasteiger partial charge in [0.25, 0.3) is 0 Å². The Balaban J connectivity index is 1.67. The second-order valence-corrected chi connectivity index (χ2v) is 4.58. The van der Waals surface area contributed by atoms with Gasteiger partial charge in [0.05, 0.1) is 6.42 Å². The molecular weight excluding hydrogens is 252 g/mol. The Bertz CT molecular complexity index is 562. The molecule has 2 aromatic rings. The van der Waals surface area contributed by atoms with E-state index in [1.54, 1.807) is 29.5 Å². The molecule has 0 amide bonds. The van der Waals surface area contributed by atoms with Crippen LogP contribution in [0.25, 0.3) is 0 Å². The van der Waals surface area contributed by atoms with E-state index >= 15 is 0 Å². The summed E-state index contributed by atoms with van der Waals surface area (Å²) in [5.74, 6) is 1.47. The van der Waals surface area contributed by atoms with Crippen LogP contribution in [0.2, 0.25) is 0 Å². The molecule has 0 unspecified atom stereocenters. The van der Waals surface area contributed by atoms with Gasteiger partial charge in [-0.25, -0.2) is 0 Å². The number of fused-ring (bicyclic) bond motifs is 1. The predicted molar refractivity (Wildman–Crippen MR) is 66.2 cm³/mol. The lowest BCUT2D eigenvalue weighted by molar-refractivity contribution is -0.133. The van der Waals surface area contributed by atoms with E-state index in [0.29, 0.717) is 17.2 Å². The summed E-state index contributed by atoms with van der Waals surface area (Å²) < 4.78 is 15.6. The van der Waals surface area contributed by atoms with Gasteiger partial charge in [-0.05, 0) is 34.5 Å². The van der Waals surface area contributed by atoms with E-state index in [9.17, 15) is 4.79 Å². The van der Waals surface area contributed by atoms with Crippen LogP contribution >= 0.6 is 11.3 Å². The first-order valence-corrected chi connectivity index (χ1v) is 6.37. The second-order valence-electron chi connectivity index (χ2n) is 3.80. The van der Waals surface area contributed by atoms with Gasteiger partial charge < -0.3 is 14.2 Å². The van der Waals surface area contributed by atoms with Crippen LogP contribution in [0.1, 0.15) is 5.56 Å². The molecule has 0 N–H and O–H groups in total. The van der Waals surface area contributed by atoms with E-state index in [2.05, 4.69) is 0 Å². The van der Waals surface area contributed by atoms with Crippen molar-refractivity contribution in [2.24, 2.45) is 0 Å². The van der Waals surface area contributed by atoms with Gasteiger partial charge in [-0.3, -0.25) is 4.79 Å². The largest absolute Gasteiger partial charge is 0.454 e. The monoisotopic (exact) mass is 262 g/mol. The zero-order chi connectivity index (χ0) is 12.4. The van der Waals surface area contributed by atoms with Gasteiger partial charge in [0.1, 0.15) is 5.75 Å². The Kier molecular flexibility index (Phi) is 2.90. The Morgan fingerprint density at radius 1 is 1.28 bits per heavy atom. The van der Waals surface area contributed by atoms with Crippen LogP contribution in [0.3, 0.4) is 0 Å². The molecule has 2 heterocycles. The summed E-state index contributed by atoms with van der Waals surface area (Å²) in [6, 6.07) is 6.99. The number of ether oxygens (including phenoxy) is 3. The van der Waals surface area contributed by atoms with Crippen LogP contribution < -0.4 is 14.2 Å². The summed E-state index contributed by atoms with van der Waals surface area (Å²) in [4.78, 5) is 11.7. The van der Waals surface area contributed by atoms with Crippen molar-refractivity contribution in [3.05, 3.63) is 40.6 Å². The molecule has 92 valence electrons. The molecule has 4 nitrogen and oxygen atoms in total. The summed E-state index contributed by atoms with van der Waals surface area (Å²) >= 11 is 1.56. The van der Waals surface area contributed by atoms with Crippen LogP contribution in [-0.2, 0) is 11.2 Å². The van der Waals surface area contributed by atoms with Crippen molar-refractivity contribution in [1.82, 2.24) is 0 Å². The Morgan fingerprint density at radius 2 is 2.17 bits per heavy atom. The van der Waals surface area contributed by atoms with Crippen molar-refractivity contribution in [2.45, 2.75) is 6.42 Å². The first-order valence-electron chi connectivity index (χ1n) is 5.43. The summed E-state index contributed by atoms with van der Waals surface area (Å²) in [5, 5.41) is 3.87. The van der Waals surface area contributed by atoms with Gasteiger partial charge in [-0.2, -0.15) is 11.3 Å². The molecular formula is C13H10O4S. The highest BCUT2D eigenvalue weighted by Gasteiger charge is 2.15. The number of rotatable bonds is 3. The van der Waals surface area contributed by atoms with Crippen molar-refractivity contribution >= 4 is 17.3 Å². The summed E-state index contributed by atoms with van der Waals surface area (Å²) in [6.07, 6.45) is 0.276.